The first kappa shape index (κ1) is 16.5. The van der Waals surface area contributed by atoms with Gasteiger partial charge in [0, 0.05) is 11.5 Å². The van der Waals surface area contributed by atoms with Gasteiger partial charge in [0.15, 0.2) is 0 Å². The Bertz CT molecular complexity index is 321. The summed E-state index contributed by atoms with van der Waals surface area (Å²) in [7, 11) is 0. The van der Waals surface area contributed by atoms with Crippen molar-refractivity contribution in [3.05, 3.63) is 0 Å². The van der Waals surface area contributed by atoms with E-state index >= 15 is 0 Å². The molecule has 0 aromatic rings. The molecule has 1 amide bonds. The average molecular weight is 267 g/mol. The molecule has 2 unspecified atom stereocenters. The summed E-state index contributed by atoms with van der Waals surface area (Å²) in [4.78, 5) is 12.8. The molecule has 2 heteroatoms. The van der Waals surface area contributed by atoms with Gasteiger partial charge in [0.25, 0.3) is 0 Å². The molecule has 0 saturated heterocycles. The second kappa shape index (κ2) is 5.85. The topological polar surface area (TPSA) is 29.1 Å². The van der Waals surface area contributed by atoms with E-state index in [1.807, 2.05) is 0 Å². The summed E-state index contributed by atoms with van der Waals surface area (Å²) >= 11 is 0. The van der Waals surface area contributed by atoms with E-state index < -0.39 is 0 Å². The Kier molecular flexibility index (Phi) is 5.08. The molecule has 0 heterocycles. The number of rotatable bonds is 4. The van der Waals surface area contributed by atoms with Gasteiger partial charge in [-0.3, -0.25) is 4.79 Å². The molecular weight excluding hydrogens is 234 g/mol. The molecule has 19 heavy (non-hydrogen) atoms. The molecule has 2 nitrogen and oxygen atoms in total. The van der Waals surface area contributed by atoms with Crippen LogP contribution in [0.15, 0.2) is 0 Å². The first-order chi connectivity index (χ1) is 8.62. The lowest BCUT2D eigenvalue weighted by molar-refractivity contribution is -0.141. The Labute approximate surface area is 119 Å². The van der Waals surface area contributed by atoms with Crippen LogP contribution >= 0.6 is 0 Å². The van der Waals surface area contributed by atoms with Crippen LogP contribution in [0, 0.1) is 22.7 Å². The predicted molar refractivity (Wildman–Crippen MR) is 82.0 cm³/mol. The number of amides is 1. The van der Waals surface area contributed by atoms with Crippen LogP contribution in [-0.4, -0.2) is 11.9 Å². The number of hydrogen-bond donors (Lipinski definition) is 1. The lowest BCUT2D eigenvalue weighted by Gasteiger charge is -2.49. The van der Waals surface area contributed by atoms with Crippen molar-refractivity contribution in [2.45, 2.75) is 80.2 Å². The van der Waals surface area contributed by atoms with Crippen molar-refractivity contribution in [2.75, 3.05) is 0 Å². The van der Waals surface area contributed by atoms with Gasteiger partial charge in [-0.15, -0.1) is 0 Å². The van der Waals surface area contributed by atoms with E-state index in [0.717, 1.165) is 12.8 Å². The zero-order valence-corrected chi connectivity index (χ0v) is 14.0. The minimum absolute atomic E-state index is 0.209. The molecule has 1 rings (SSSR count). The van der Waals surface area contributed by atoms with Crippen molar-refractivity contribution in [1.29, 1.82) is 0 Å². The summed E-state index contributed by atoms with van der Waals surface area (Å²) in [6.07, 6.45) is 4.42. The second-order valence-corrected chi connectivity index (χ2v) is 7.93. The van der Waals surface area contributed by atoms with Gasteiger partial charge in [-0.2, -0.15) is 0 Å². The third kappa shape index (κ3) is 3.73. The number of carbonyl (C=O) groups is 1. The van der Waals surface area contributed by atoms with Crippen molar-refractivity contribution in [2.24, 2.45) is 22.7 Å². The Morgan fingerprint density at radius 1 is 1.26 bits per heavy atom. The molecule has 0 bridgehead atoms. The van der Waals surface area contributed by atoms with Gasteiger partial charge in [-0.05, 0) is 49.9 Å². The van der Waals surface area contributed by atoms with Gasteiger partial charge in [0.1, 0.15) is 0 Å². The van der Waals surface area contributed by atoms with E-state index in [1.54, 1.807) is 0 Å². The zero-order chi connectivity index (χ0) is 14.8. The van der Waals surface area contributed by atoms with Crippen LogP contribution in [0.3, 0.4) is 0 Å². The van der Waals surface area contributed by atoms with Gasteiger partial charge < -0.3 is 5.32 Å². The normalized spacial score (nSPS) is 32.1. The van der Waals surface area contributed by atoms with Gasteiger partial charge in [0.05, 0.1) is 0 Å². The number of nitrogens with one attached hydrogen (secondary N) is 1. The Balaban J connectivity index is 2.95. The van der Waals surface area contributed by atoms with Gasteiger partial charge in [0.2, 0.25) is 5.91 Å². The van der Waals surface area contributed by atoms with Crippen molar-refractivity contribution in [3.8, 4) is 0 Å². The van der Waals surface area contributed by atoms with Crippen LogP contribution in [0.1, 0.15) is 74.1 Å². The van der Waals surface area contributed by atoms with Crippen LogP contribution in [-0.2, 0) is 4.79 Å². The lowest BCUT2D eigenvalue weighted by atomic mass is 9.56. The van der Waals surface area contributed by atoms with Crippen molar-refractivity contribution in [3.63, 3.8) is 0 Å². The first-order valence-electron chi connectivity index (χ1n) is 7.93. The van der Waals surface area contributed by atoms with E-state index in [4.69, 9.17) is 0 Å². The lowest BCUT2D eigenvalue weighted by Crippen LogP contribution is -2.52. The van der Waals surface area contributed by atoms with Crippen molar-refractivity contribution in [1.82, 2.24) is 5.32 Å². The highest BCUT2D eigenvalue weighted by Gasteiger charge is 2.49. The Hall–Kier alpha value is -0.530. The molecule has 1 saturated carbocycles. The van der Waals surface area contributed by atoms with E-state index in [9.17, 15) is 4.79 Å². The molecule has 0 aromatic carbocycles. The highest BCUT2D eigenvalue weighted by molar-refractivity contribution is 5.83. The summed E-state index contributed by atoms with van der Waals surface area (Å²) in [6, 6.07) is 0.280. The zero-order valence-electron chi connectivity index (χ0n) is 14.0. The monoisotopic (exact) mass is 267 g/mol. The molecule has 3 atom stereocenters. The van der Waals surface area contributed by atoms with Crippen LogP contribution in [0.4, 0.5) is 0 Å². The molecule has 0 radical (unpaired) electrons. The van der Waals surface area contributed by atoms with Crippen molar-refractivity contribution >= 4 is 5.91 Å². The fourth-order valence-electron chi connectivity index (χ4n) is 3.89. The summed E-state index contributed by atoms with van der Waals surface area (Å²) in [6.45, 7) is 15.5. The minimum atomic E-state index is -0.209. The summed E-state index contributed by atoms with van der Waals surface area (Å²) in [5.41, 5.74) is 0.0757. The van der Waals surface area contributed by atoms with Gasteiger partial charge >= 0.3 is 0 Å². The third-order valence-electron chi connectivity index (χ3n) is 5.11. The Morgan fingerprint density at radius 3 is 2.32 bits per heavy atom. The van der Waals surface area contributed by atoms with Crippen LogP contribution in [0.5, 0.6) is 0 Å². The quantitative estimate of drug-likeness (QED) is 0.804. The summed E-state index contributed by atoms with van der Waals surface area (Å²) in [5.74, 6) is 1.35. The maximum Gasteiger partial charge on any atom is 0.226 e. The van der Waals surface area contributed by atoms with E-state index in [0.29, 0.717) is 11.8 Å². The smallest absolute Gasteiger partial charge is 0.226 e. The molecule has 1 aliphatic rings. The molecular formula is C17H33NO. The molecule has 0 aromatic heterocycles. The maximum absolute atomic E-state index is 12.8. The first-order valence-corrected chi connectivity index (χ1v) is 7.93. The SMILES string of the molecule is CCC(C)NC(=O)[C@@]1(C)CC(C)(C)CCC1C(C)C. The predicted octanol–water partition coefficient (Wildman–Crippen LogP) is 4.39. The van der Waals surface area contributed by atoms with Crippen LogP contribution in [0.2, 0.25) is 0 Å². The summed E-state index contributed by atoms with van der Waals surface area (Å²) in [5, 5.41) is 3.22. The van der Waals surface area contributed by atoms with E-state index in [2.05, 4.69) is 53.8 Å². The molecule has 112 valence electrons. The highest BCUT2D eigenvalue weighted by Crippen LogP contribution is 2.52. The molecule has 1 fully saturated rings. The number of carbonyl (C=O) groups excluding carboxylic acids is 1. The summed E-state index contributed by atoms with van der Waals surface area (Å²) < 4.78 is 0. The van der Waals surface area contributed by atoms with Crippen LogP contribution in [0.25, 0.3) is 0 Å². The van der Waals surface area contributed by atoms with E-state index in [1.165, 1.54) is 12.8 Å². The molecule has 0 aliphatic heterocycles. The van der Waals surface area contributed by atoms with Gasteiger partial charge in [-0.1, -0.05) is 41.5 Å². The van der Waals surface area contributed by atoms with Crippen LogP contribution < -0.4 is 5.32 Å². The average Bonchev–Trinajstić information content (AvgIpc) is 2.26. The van der Waals surface area contributed by atoms with Crippen molar-refractivity contribution < 1.29 is 4.79 Å². The minimum Gasteiger partial charge on any atom is -0.353 e. The standard InChI is InChI=1S/C17H33NO/c1-8-13(4)18-15(19)17(7)11-16(5,6)10-9-14(17)12(2)3/h12-14H,8-11H2,1-7H3,(H,18,19)/t13?,14?,17-/m0/s1. The largest absolute Gasteiger partial charge is 0.353 e. The fraction of sp³-hybridized carbons (Fsp3) is 0.941. The molecule has 1 N–H and O–H groups in total. The third-order valence-corrected chi connectivity index (χ3v) is 5.11. The Morgan fingerprint density at radius 2 is 1.84 bits per heavy atom. The fourth-order valence-corrected chi connectivity index (χ4v) is 3.89. The molecule has 1 aliphatic carbocycles. The highest BCUT2D eigenvalue weighted by atomic mass is 16.2. The van der Waals surface area contributed by atoms with E-state index in [-0.39, 0.29) is 22.8 Å². The van der Waals surface area contributed by atoms with Gasteiger partial charge in [-0.25, -0.2) is 0 Å². The second-order valence-electron chi connectivity index (χ2n) is 7.93. The maximum atomic E-state index is 12.8. The molecule has 0 spiro atoms. The number of hydrogen-bond acceptors (Lipinski definition) is 1.